The maximum Gasteiger partial charge on any atom is 0.255 e. The van der Waals surface area contributed by atoms with Crippen molar-refractivity contribution >= 4 is 11.6 Å². The van der Waals surface area contributed by atoms with Crippen LogP contribution in [0.5, 0.6) is 5.75 Å². The van der Waals surface area contributed by atoms with Gasteiger partial charge in [-0.25, -0.2) is 0 Å². The number of hydrogen-bond acceptors (Lipinski definition) is 2. The van der Waals surface area contributed by atoms with Crippen molar-refractivity contribution in [2.75, 3.05) is 11.9 Å². The standard InChI is InChI=1S/C21H27NO2/c1-4-6-7-15-24-19-13-11-18(12-14-19)21(23)22-20-16(3)9-8-10-17(20)5-2/h8-14H,4-7,15H2,1-3H3,(H,22,23). The molecule has 0 aliphatic carbocycles. The van der Waals surface area contributed by atoms with Crippen molar-refractivity contribution in [2.24, 2.45) is 0 Å². The third-order valence-electron chi connectivity index (χ3n) is 4.11. The number of anilines is 1. The molecule has 24 heavy (non-hydrogen) atoms. The number of para-hydroxylation sites is 1. The van der Waals surface area contributed by atoms with Crippen molar-refractivity contribution in [2.45, 2.75) is 46.5 Å². The fourth-order valence-corrected chi connectivity index (χ4v) is 2.63. The average molecular weight is 325 g/mol. The Morgan fingerprint density at radius 3 is 2.46 bits per heavy atom. The molecule has 2 rings (SSSR count). The summed E-state index contributed by atoms with van der Waals surface area (Å²) in [5.74, 6) is 0.726. The number of unbranched alkanes of at least 4 members (excludes halogenated alkanes) is 2. The average Bonchev–Trinajstić information content (AvgIpc) is 2.61. The summed E-state index contributed by atoms with van der Waals surface area (Å²) < 4.78 is 5.69. The van der Waals surface area contributed by atoms with Gasteiger partial charge >= 0.3 is 0 Å². The summed E-state index contributed by atoms with van der Waals surface area (Å²) in [4.78, 5) is 12.5. The number of rotatable bonds is 8. The first-order chi connectivity index (χ1) is 11.7. The van der Waals surface area contributed by atoms with Crippen LogP contribution in [0.3, 0.4) is 0 Å². The largest absolute Gasteiger partial charge is 0.494 e. The van der Waals surface area contributed by atoms with Crippen LogP contribution in [-0.2, 0) is 6.42 Å². The predicted octanol–water partition coefficient (Wildman–Crippen LogP) is 5.38. The first kappa shape index (κ1) is 18.1. The Bertz CT molecular complexity index is 662. The zero-order chi connectivity index (χ0) is 17.4. The normalized spacial score (nSPS) is 10.5. The minimum absolute atomic E-state index is 0.0865. The van der Waals surface area contributed by atoms with Gasteiger partial charge in [0.2, 0.25) is 0 Å². The van der Waals surface area contributed by atoms with Gasteiger partial charge in [-0.15, -0.1) is 0 Å². The number of carbonyl (C=O) groups excluding carboxylic acids is 1. The number of ether oxygens (including phenoxy) is 1. The van der Waals surface area contributed by atoms with Gasteiger partial charge in [-0.1, -0.05) is 44.9 Å². The Kier molecular flexibility index (Phi) is 6.86. The molecule has 128 valence electrons. The highest BCUT2D eigenvalue weighted by atomic mass is 16.5. The van der Waals surface area contributed by atoms with Crippen molar-refractivity contribution in [3.05, 3.63) is 59.2 Å². The molecule has 2 aromatic rings. The topological polar surface area (TPSA) is 38.3 Å². The van der Waals surface area contributed by atoms with Crippen molar-refractivity contribution in [3.63, 3.8) is 0 Å². The van der Waals surface area contributed by atoms with Gasteiger partial charge in [0, 0.05) is 11.3 Å². The second kappa shape index (κ2) is 9.11. The van der Waals surface area contributed by atoms with E-state index in [1.807, 2.05) is 43.3 Å². The van der Waals surface area contributed by atoms with Gasteiger partial charge in [0.05, 0.1) is 6.61 Å². The molecule has 0 spiro atoms. The molecule has 0 unspecified atom stereocenters. The molecule has 3 nitrogen and oxygen atoms in total. The summed E-state index contributed by atoms with van der Waals surface area (Å²) in [6.45, 7) is 7.01. The van der Waals surface area contributed by atoms with E-state index in [-0.39, 0.29) is 5.91 Å². The molecule has 0 fully saturated rings. The number of carbonyl (C=O) groups is 1. The minimum Gasteiger partial charge on any atom is -0.494 e. The fourth-order valence-electron chi connectivity index (χ4n) is 2.63. The molecule has 0 heterocycles. The molecule has 0 saturated carbocycles. The Hall–Kier alpha value is -2.29. The highest BCUT2D eigenvalue weighted by molar-refractivity contribution is 6.05. The lowest BCUT2D eigenvalue weighted by molar-refractivity contribution is 0.102. The lowest BCUT2D eigenvalue weighted by Crippen LogP contribution is -2.14. The van der Waals surface area contributed by atoms with Gasteiger partial charge in [0.25, 0.3) is 5.91 Å². The summed E-state index contributed by atoms with van der Waals surface area (Å²) in [5, 5.41) is 3.05. The summed E-state index contributed by atoms with van der Waals surface area (Å²) >= 11 is 0. The van der Waals surface area contributed by atoms with Crippen molar-refractivity contribution in [1.29, 1.82) is 0 Å². The van der Waals surface area contributed by atoms with E-state index in [9.17, 15) is 4.79 Å². The molecule has 2 aromatic carbocycles. The molecule has 0 aliphatic rings. The SMILES string of the molecule is CCCCCOc1ccc(C(=O)Nc2c(C)cccc2CC)cc1. The Balaban J connectivity index is 2.00. The minimum atomic E-state index is -0.0865. The summed E-state index contributed by atoms with van der Waals surface area (Å²) in [6.07, 6.45) is 4.31. The number of aryl methyl sites for hydroxylation is 2. The van der Waals surface area contributed by atoms with Crippen LogP contribution in [0.15, 0.2) is 42.5 Å². The van der Waals surface area contributed by atoms with E-state index >= 15 is 0 Å². The van der Waals surface area contributed by atoms with Gasteiger partial charge in [-0.05, 0) is 55.2 Å². The van der Waals surface area contributed by atoms with E-state index in [0.29, 0.717) is 5.56 Å². The second-order valence-corrected chi connectivity index (χ2v) is 6.00. The molecular formula is C21H27NO2. The molecule has 0 aromatic heterocycles. The van der Waals surface area contributed by atoms with Gasteiger partial charge in [0.1, 0.15) is 5.75 Å². The van der Waals surface area contributed by atoms with E-state index < -0.39 is 0 Å². The molecule has 0 atom stereocenters. The first-order valence-corrected chi connectivity index (χ1v) is 8.78. The molecule has 0 bridgehead atoms. The first-order valence-electron chi connectivity index (χ1n) is 8.78. The number of nitrogens with one attached hydrogen (secondary N) is 1. The zero-order valence-electron chi connectivity index (χ0n) is 14.9. The highest BCUT2D eigenvalue weighted by Gasteiger charge is 2.10. The summed E-state index contributed by atoms with van der Waals surface area (Å²) in [6, 6.07) is 13.4. The lowest BCUT2D eigenvalue weighted by Gasteiger charge is -2.13. The van der Waals surface area contributed by atoms with Crippen LogP contribution in [0.2, 0.25) is 0 Å². The summed E-state index contributed by atoms with van der Waals surface area (Å²) in [5.41, 5.74) is 3.80. The molecule has 1 N–H and O–H groups in total. The van der Waals surface area contributed by atoms with Gasteiger partial charge < -0.3 is 10.1 Å². The summed E-state index contributed by atoms with van der Waals surface area (Å²) in [7, 11) is 0. The molecule has 1 amide bonds. The quantitative estimate of drug-likeness (QED) is 0.662. The number of hydrogen-bond donors (Lipinski definition) is 1. The van der Waals surface area contributed by atoms with Crippen molar-refractivity contribution in [3.8, 4) is 5.75 Å². The van der Waals surface area contributed by atoms with Crippen LogP contribution in [0.25, 0.3) is 0 Å². The fraction of sp³-hybridized carbons (Fsp3) is 0.381. The lowest BCUT2D eigenvalue weighted by atomic mass is 10.1. The third-order valence-corrected chi connectivity index (χ3v) is 4.11. The Labute approximate surface area is 145 Å². The third kappa shape index (κ3) is 4.85. The predicted molar refractivity (Wildman–Crippen MR) is 100.0 cm³/mol. The van der Waals surface area contributed by atoms with Gasteiger partial charge in [-0.2, -0.15) is 0 Å². The van der Waals surface area contributed by atoms with Crippen LogP contribution >= 0.6 is 0 Å². The van der Waals surface area contributed by atoms with Crippen molar-refractivity contribution in [1.82, 2.24) is 0 Å². The highest BCUT2D eigenvalue weighted by Crippen LogP contribution is 2.22. The molecule has 0 aliphatic heterocycles. The van der Waals surface area contributed by atoms with E-state index in [1.54, 1.807) is 0 Å². The van der Waals surface area contributed by atoms with Crippen LogP contribution in [-0.4, -0.2) is 12.5 Å². The van der Waals surface area contributed by atoms with Crippen LogP contribution in [0.1, 0.15) is 54.6 Å². The smallest absolute Gasteiger partial charge is 0.255 e. The van der Waals surface area contributed by atoms with E-state index in [1.165, 1.54) is 12.8 Å². The van der Waals surface area contributed by atoms with Crippen molar-refractivity contribution < 1.29 is 9.53 Å². The molecule has 3 heteroatoms. The van der Waals surface area contributed by atoms with Crippen LogP contribution < -0.4 is 10.1 Å². The molecule has 0 saturated heterocycles. The van der Waals surface area contributed by atoms with E-state index in [0.717, 1.165) is 42.0 Å². The molecule has 0 radical (unpaired) electrons. The Morgan fingerprint density at radius 1 is 1.04 bits per heavy atom. The second-order valence-electron chi connectivity index (χ2n) is 6.00. The number of amides is 1. The van der Waals surface area contributed by atoms with E-state index in [2.05, 4.69) is 25.2 Å². The maximum atomic E-state index is 12.5. The van der Waals surface area contributed by atoms with Gasteiger partial charge in [-0.3, -0.25) is 4.79 Å². The number of benzene rings is 2. The Morgan fingerprint density at radius 2 is 1.79 bits per heavy atom. The van der Waals surface area contributed by atoms with Crippen LogP contribution in [0, 0.1) is 6.92 Å². The van der Waals surface area contributed by atoms with Crippen LogP contribution in [0.4, 0.5) is 5.69 Å². The molecular weight excluding hydrogens is 298 g/mol. The zero-order valence-corrected chi connectivity index (χ0v) is 14.9. The monoisotopic (exact) mass is 325 g/mol. The van der Waals surface area contributed by atoms with Gasteiger partial charge in [0.15, 0.2) is 0 Å². The van der Waals surface area contributed by atoms with E-state index in [4.69, 9.17) is 4.74 Å². The maximum absolute atomic E-state index is 12.5.